The van der Waals surface area contributed by atoms with Crippen LogP contribution >= 0.6 is 0 Å². The molecule has 0 heterocycles. The molecule has 0 fully saturated rings. The number of carboxylic acid groups (broad SMARTS) is 1. The lowest BCUT2D eigenvalue weighted by Gasteiger charge is -2.27. The summed E-state index contributed by atoms with van der Waals surface area (Å²) in [6.07, 6.45) is 0.788. The number of hydrogen-bond acceptors (Lipinski definition) is 4. The molecular formula is C14H24O5. The molecule has 0 aromatic rings. The Balaban J connectivity index is 5.07. The topological polar surface area (TPSA) is 80.7 Å². The van der Waals surface area contributed by atoms with Crippen LogP contribution < -0.4 is 0 Å². The van der Waals surface area contributed by atoms with E-state index < -0.39 is 29.4 Å². The van der Waals surface area contributed by atoms with Crippen LogP contribution in [0.25, 0.3) is 0 Å². The van der Waals surface area contributed by atoms with E-state index >= 15 is 0 Å². The Bertz CT molecular complexity index is 327. The zero-order valence-corrected chi connectivity index (χ0v) is 12.3. The summed E-state index contributed by atoms with van der Waals surface area (Å²) >= 11 is 0. The molecule has 19 heavy (non-hydrogen) atoms. The first-order valence-corrected chi connectivity index (χ1v) is 6.47. The summed E-state index contributed by atoms with van der Waals surface area (Å²) in [5, 5.41) is 9.24. The lowest BCUT2D eigenvalue weighted by atomic mass is 9.83. The molecule has 5 nitrogen and oxygen atoms in total. The van der Waals surface area contributed by atoms with Gasteiger partial charge in [0.15, 0.2) is 0 Å². The number of aldehydes is 1. The molecule has 0 bridgehead atoms. The van der Waals surface area contributed by atoms with E-state index in [9.17, 15) is 19.5 Å². The molecule has 0 aliphatic rings. The van der Waals surface area contributed by atoms with E-state index in [-0.39, 0.29) is 12.3 Å². The molecule has 0 amide bonds. The fourth-order valence-electron chi connectivity index (χ4n) is 1.85. The number of esters is 1. The Hall–Kier alpha value is -1.39. The number of rotatable bonds is 7. The summed E-state index contributed by atoms with van der Waals surface area (Å²) in [4.78, 5) is 34.0. The molecule has 0 spiro atoms. The number of hydrogen-bond donors (Lipinski definition) is 1. The molecule has 1 N–H and O–H groups in total. The molecule has 2 atom stereocenters. The molecule has 0 aliphatic carbocycles. The van der Waals surface area contributed by atoms with Gasteiger partial charge in [-0.1, -0.05) is 13.8 Å². The average molecular weight is 272 g/mol. The van der Waals surface area contributed by atoms with Gasteiger partial charge in [0, 0.05) is 6.42 Å². The van der Waals surface area contributed by atoms with Crippen LogP contribution in [0, 0.1) is 17.8 Å². The minimum Gasteiger partial charge on any atom is -0.481 e. The minimum atomic E-state index is -1.06. The van der Waals surface area contributed by atoms with E-state index in [2.05, 4.69) is 0 Å². The van der Waals surface area contributed by atoms with Crippen LogP contribution in [0.4, 0.5) is 0 Å². The normalized spacial score (nSPS) is 14.8. The molecule has 0 rings (SSSR count). The second-order valence-corrected chi connectivity index (χ2v) is 6.12. The van der Waals surface area contributed by atoms with E-state index in [0.717, 1.165) is 0 Å². The number of aliphatic carboxylic acids is 1. The lowest BCUT2D eigenvalue weighted by molar-refractivity contribution is -0.167. The molecule has 0 saturated heterocycles. The van der Waals surface area contributed by atoms with Crippen molar-refractivity contribution in [3.05, 3.63) is 0 Å². The monoisotopic (exact) mass is 272 g/mol. The van der Waals surface area contributed by atoms with Gasteiger partial charge < -0.3 is 14.6 Å². The van der Waals surface area contributed by atoms with Gasteiger partial charge in [-0.3, -0.25) is 9.59 Å². The second kappa shape index (κ2) is 7.26. The molecule has 0 unspecified atom stereocenters. The fraction of sp³-hybridized carbons (Fsp3) is 0.786. The maximum Gasteiger partial charge on any atom is 0.310 e. The standard InChI is InChI=1S/C14H24O5/c1-9(2)8-11(12(16)17)10(6-7-15)13(18)19-14(3,4)5/h7,9-11H,6,8H2,1-5H3,(H,16,17)/t10-,11+/m0/s1. The van der Waals surface area contributed by atoms with Crippen molar-refractivity contribution in [2.24, 2.45) is 17.8 Å². The SMILES string of the molecule is CC(C)C[C@@H](C(=O)O)[C@H](CC=O)C(=O)OC(C)(C)C. The predicted molar refractivity (Wildman–Crippen MR) is 70.6 cm³/mol. The van der Waals surface area contributed by atoms with E-state index in [1.165, 1.54) is 0 Å². The molecule has 0 aliphatic heterocycles. The Morgan fingerprint density at radius 2 is 1.74 bits per heavy atom. The molecular weight excluding hydrogens is 248 g/mol. The van der Waals surface area contributed by atoms with Crippen LogP contribution in [0.3, 0.4) is 0 Å². The van der Waals surface area contributed by atoms with Gasteiger partial charge in [0.2, 0.25) is 0 Å². The third-order valence-electron chi connectivity index (χ3n) is 2.59. The van der Waals surface area contributed by atoms with Crippen molar-refractivity contribution in [2.45, 2.75) is 53.1 Å². The van der Waals surface area contributed by atoms with Gasteiger partial charge in [-0.05, 0) is 33.1 Å². The van der Waals surface area contributed by atoms with Gasteiger partial charge in [-0.2, -0.15) is 0 Å². The summed E-state index contributed by atoms with van der Waals surface area (Å²) < 4.78 is 5.20. The number of carbonyl (C=O) groups excluding carboxylic acids is 2. The van der Waals surface area contributed by atoms with E-state index in [0.29, 0.717) is 12.7 Å². The smallest absolute Gasteiger partial charge is 0.310 e. The van der Waals surface area contributed by atoms with Crippen molar-refractivity contribution in [3.8, 4) is 0 Å². The molecule has 5 heteroatoms. The largest absolute Gasteiger partial charge is 0.481 e. The van der Waals surface area contributed by atoms with E-state index in [1.807, 2.05) is 13.8 Å². The van der Waals surface area contributed by atoms with Gasteiger partial charge in [0.1, 0.15) is 11.9 Å². The van der Waals surface area contributed by atoms with Crippen molar-refractivity contribution < 1.29 is 24.2 Å². The van der Waals surface area contributed by atoms with Crippen LogP contribution in [0.1, 0.15) is 47.5 Å². The van der Waals surface area contributed by atoms with Gasteiger partial charge in [0.05, 0.1) is 11.8 Å². The zero-order valence-electron chi connectivity index (χ0n) is 12.3. The molecule has 0 saturated carbocycles. The van der Waals surface area contributed by atoms with Crippen LogP contribution in [0.15, 0.2) is 0 Å². The highest BCUT2D eigenvalue weighted by Gasteiger charge is 2.36. The van der Waals surface area contributed by atoms with E-state index in [4.69, 9.17) is 4.74 Å². The number of ether oxygens (including phenoxy) is 1. The summed E-state index contributed by atoms with van der Waals surface area (Å²) in [6.45, 7) is 8.88. The average Bonchev–Trinajstić information content (AvgIpc) is 2.19. The Labute approximate surface area is 114 Å². The predicted octanol–water partition coefficient (Wildman–Crippen LogP) is 2.28. The highest BCUT2D eigenvalue weighted by atomic mass is 16.6. The van der Waals surface area contributed by atoms with Gasteiger partial charge in [0.25, 0.3) is 0 Å². The Kier molecular flexibility index (Phi) is 6.73. The first-order valence-electron chi connectivity index (χ1n) is 6.47. The highest BCUT2D eigenvalue weighted by molar-refractivity contribution is 5.83. The van der Waals surface area contributed by atoms with Crippen molar-refractivity contribution in [2.75, 3.05) is 0 Å². The van der Waals surface area contributed by atoms with Crippen molar-refractivity contribution in [1.29, 1.82) is 0 Å². The first kappa shape index (κ1) is 17.6. The highest BCUT2D eigenvalue weighted by Crippen LogP contribution is 2.26. The third kappa shape index (κ3) is 6.94. The van der Waals surface area contributed by atoms with Crippen LogP contribution in [0.5, 0.6) is 0 Å². The molecule has 0 aromatic carbocycles. The fourth-order valence-corrected chi connectivity index (χ4v) is 1.85. The Morgan fingerprint density at radius 3 is 2.05 bits per heavy atom. The molecule has 0 radical (unpaired) electrons. The van der Waals surface area contributed by atoms with Crippen molar-refractivity contribution in [3.63, 3.8) is 0 Å². The molecule has 0 aromatic heterocycles. The quantitative estimate of drug-likeness (QED) is 0.568. The number of carboxylic acids is 1. The van der Waals surface area contributed by atoms with Gasteiger partial charge in [-0.15, -0.1) is 0 Å². The van der Waals surface area contributed by atoms with Gasteiger partial charge in [-0.25, -0.2) is 0 Å². The van der Waals surface area contributed by atoms with Crippen molar-refractivity contribution in [1.82, 2.24) is 0 Å². The Morgan fingerprint density at radius 1 is 1.21 bits per heavy atom. The second-order valence-electron chi connectivity index (χ2n) is 6.12. The summed E-state index contributed by atoms with van der Waals surface area (Å²) in [6, 6.07) is 0. The van der Waals surface area contributed by atoms with E-state index in [1.54, 1.807) is 20.8 Å². The summed E-state index contributed by atoms with van der Waals surface area (Å²) in [5.74, 6) is -3.37. The maximum absolute atomic E-state index is 12.0. The molecule has 110 valence electrons. The summed E-state index contributed by atoms with van der Waals surface area (Å²) in [5.41, 5.74) is -0.695. The first-order chi connectivity index (χ1) is 8.58. The maximum atomic E-state index is 12.0. The number of carbonyl (C=O) groups is 3. The van der Waals surface area contributed by atoms with Crippen molar-refractivity contribution >= 4 is 18.2 Å². The lowest BCUT2D eigenvalue weighted by Crippen LogP contribution is -2.36. The van der Waals surface area contributed by atoms with Crippen LogP contribution in [-0.4, -0.2) is 28.9 Å². The zero-order chi connectivity index (χ0) is 15.2. The minimum absolute atomic E-state index is 0.123. The van der Waals surface area contributed by atoms with Crippen LogP contribution in [0.2, 0.25) is 0 Å². The third-order valence-corrected chi connectivity index (χ3v) is 2.59. The summed E-state index contributed by atoms with van der Waals surface area (Å²) in [7, 11) is 0. The van der Waals surface area contributed by atoms with Gasteiger partial charge >= 0.3 is 11.9 Å². The van der Waals surface area contributed by atoms with Crippen LogP contribution in [-0.2, 0) is 19.1 Å².